The van der Waals surface area contributed by atoms with E-state index in [2.05, 4.69) is 37.5 Å². The van der Waals surface area contributed by atoms with E-state index in [0.717, 1.165) is 44.6 Å². The van der Waals surface area contributed by atoms with E-state index >= 15 is 0 Å². The molecule has 0 aliphatic rings. The first-order chi connectivity index (χ1) is 10.6. The zero-order valence-corrected chi connectivity index (χ0v) is 13.5. The van der Waals surface area contributed by atoms with Crippen molar-refractivity contribution in [2.75, 3.05) is 5.32 Å². The summed E-state index contributed by atoms with van der Waals surface area (Å²) < 4.78 is 2.97. The summed E-state index contributed by atoms with van der Waals surface area (Å²) in [7, 11) is 1.92. The normalized spacial score (nSPS) is 11.6. The molecule has 6 nitrogen and oxygen atoms in total. The molecule has 2 N–H and O–H groups in total. The highest BCUT2D eigenvalue weighted by Crippen LogP contribution is 2.28. The van der Waals surface area contributed by atoms with Crippen molar-refractivity contribution in [3.05, 3.63) is 35.3 Å². The van der Waals surface area contributed by atoms with E-state index in [4.69, 9.17) is 0 Å². The number of aromatic amines is 1. The Balaban J connectivity index is 1.57. The Morgan fingerprint density at radius 3 is 2.95 bits per heavy atom. The zero-order valence-electron chi connectivity index (χ0n) is 12.6. The van der Waals surface area contributed by atoms with Gasteiger partial charge in [-0.25, -0.2) is 14.6 Å². The van der Waals surface area contributed by atoms with E-state index < -0.39 is 0 Å². The maximum atomic E-state index is 4.60. The molecule has 3 heterocycles. The highest BCUT2D eigenvalue weighted by atomic mass is 32.1. The second kappa shape index (κ2) is 4.81. The van der Waals surface area contributed by atoms with Gasteiger partial charge in [-0.3, -0.25) is 0 Å². The fourth-order valence-corrected chi connectivity index (χ4v) is 3.56. The van der Waals surface area contributed by atoms with Gasteiger partial charge in [-0.05, 0) is 31.5 Å². The van der Waals surface area contributed by atoms with Gasteiger partial charge in [0.05, 0.1) is 21.4 Å². The molecule has 0 aliphatic carbocycles. The van der Waals surface area contributed by atoms with Gasteiger partial charge in [0.2, 0.25) is 0 Å². The Morgan fingerprint density at radius 1 is 1.27 bits per heavy atom. The summed E-state index contributed by atoms with van der Waals surface area (Å²) >= 11 is 1.65. The Morgan fingerprint density at radius 2 is 2.14 bits per heavy atom. The molecule has 0 radical (unpaired) electrons. The number of imidazole rings is 1. The molecule has 3 aromatic heterocycles. The molecule has 0 aliphatic heterocycles. The van der Waals surface area contributed by atoms with Crippen LogP contribution in [-0.4, -0.2) is 24.7 Å². The first-order valence-electron chi connectivity index (χ1n) is 7.09. The number of thiazole rings is 1. The van der Waals surface area contributed by atoms with E-state index in [9.17, 15) is 0 Å². The second-order valence-electron chi connectivity index (χ2n) is 5.41. The molecule has 0 saturated heterocycles. The van der Waals surface area contributed by atoms with E-state index in [1.54, 1.807) is 11.3 Å². The fourth-order valence-electron chi connectivity index (χ4n) is 2.63. The van der Waals surface area contributed by atoms with Crippen LogP contribution in [-0.2, 0) is 13.6 Å². The van der Waals surface area contributed by atoms with Gasteiger partial charge < -0.3 is 10.3 Å². The quantitative estimate of drug-likeness (QED) is 0.609. The van der Waals surface area contributed by atoms with Crippen LogP contribution in [0, 0.1) is 13.8 Å². The molecule has 0 amide bonds. The average Bonchev–Trinajstić information content (AvgIpc) is 3.12. The second-order valence-corrected chi connectivity index (χ2v) is 6.41. The van der Waals surface area contributed by atoms with Crippen LogP contribution in [0.25, 0.3) is 21.4 Å². The van der Waals surface area contributed by atoms with Crippen molar-refractivity contribution in [3.63, 3.8) is 0 Å². The van der Waals surface area contributed by atoms with Crippen LogP contribution < -0.4 is 5.32 Å². The maximum absolute atomic E-state index is 4.60. The number of anilines is 1. The van der Waals surface area contributed by atoms with Crippen LogP contribution in [0.2, 0.25) is 0 Å². The van der Waals surface area contributed by atoms with E-state index in [1.807, 2.05) is 31.6 Å². The molecular weight excluding hydrogens is 296 g/mol. The van der Waals surface area contributed by atoms with E-state index in [1.165, 1.54) is 5.56 Å². The molecule has 0 unspecified atom stereocenters. The molecule has 22 heavy (non-hydrogen) atoms. The number of nitrogens with one attached hydrogen (secondary N) is 2. The molecule has 0 bridgehead atoms. The van der Waals surface area contributed by atoms with Gasteiger partial charge in [-0.15, -0.1) is 0 Å². The van der Waals surface area contributed by atoms with Crippen molar-refractivity contribution in [2.45, 2.75) is 20.4 Å². The lowest BCUT2D eigenvalue weighted by Gasteiger charge is -2.02. The van der Waals surface area contributed by atoms with E-state index in [0.29, 0.717) is 0 Å². The number of nitrogens with zero attached hydrogens (tertiary/aromatic N) is 4. The summed E-state index contributed by atoms with van der Waals surface area (Å²) in [6, 6.07) is 6.26. The molecule has 0 fully saturated rings. The number of aromatic nitrogens is 5. The summed E-state index contributed by atoms with van der Waals surface area (Å²) in [6.07, 6.45) is 0. The zero-order chi connectivity index (χ0) is 15.3. The third-order valence-electron chi connectivity index (χ3n) is 3.65. The van der Waals surface area contributed by atoms with Crippen molar-refractivity contribution >= 4 is 37.8 Å². The molecule has 0 saturated carbocycles. The van der Waals surface area contributed by atoms with E-state index in [-0.39, 0.29) is 0 Å². The topological polar surface area (TPSA) is 71.4 Å². The minimum Gasteiger partial charge on any atom is -0.357 e. The molecule has 0 spiro atoms. The van der Waals surface area contributed by atoms with Crippen molar-refractivity contribution in [1.82, 2.24) is 24.7 Å². The Kier molecular flexibility index (Phi) is 2.90. The first kappa shape index (κ1) is 13.3. The number of aryl methyl sites for hydroxylation is 3. The highest BCUT2D eigenvalue weighted by molar-refractivity contribution is 7.22. The lowest BCUT2D eigenvalue weighted by Crippen LogP contribution is -1.99. The number of hydrogen-bond donors (Lipinski definition) is 2. The van der Waals surface area contributed by atoms with Gasteiger partial charge in [0.25, 0.3) is 0 Å². The molecule has 4 aromatic rings. The van der Waals surface area contributed by atoms with Crippen LogP contribution >= 0.6 is 11.3 Å². The molecule has 0 atom stereocenters. The van der Waals surface area contributed by atoms with Crippen molar-refractivity contribution in [3.8, 4) is 0 Å². The SMILES string of the molecule is Cc1nc2ccc(CNc3nc4c(s3)c(C)nn4C)cc2[nH]1. The average molecular weight is 312 g/mol. The van der Waals surface area contributed by atoms with Crippen molar-refractivity contribution in [1.29, 1.82) is 0 Å². The lowest BCUT2D eigenvalue weighted by atomic mass is 10.2. The minimum atomic E-state index is 0.736. The van der Waals surface area contributed by atoms with Crippen LogP contribution in [0.1, 0.15) is 17.1 Å². The number of hydrogen-bond acceptors (Lipinski definition) is 5. The maximum Gasteiger partial charge on any atom is 0.185 e. The van der Waals surface area contributed by atoms with Crippen LogP contribution in [0.5, 0.6) is 0 Å². The molecular formula is C15H16N6S. The monoisotopic (exact) mass is 312 g/mol. The largest absolute Gasteiger partial charge is 0.357 e. The van der Waals surface area contributed by atoms with Crippen molar-refractivity contribution in [2.24, 2.45) is 7.05 Å². The smallest absolute Gasteiger partial charge is 0.185 e. The first-order valence-corrected chi connectivity index (χ1v) is 7.91. The van der Waals surface area contributed by atoms with Gasteiger partial charge in [-0.1, -0.05) is 17.4 Å². The Hall–Kier alpha value is -2.41. The fraction of sp³-hybridized carbons (Fsp3) is 0.267. The molecule has 7 heteroatoms. The summed E-state index contributed by atoms with van der Waals surface area (Å²) in [6.45, 7) is 4.72. The number of H-pyrrole nitrogens is 1. The summed E-state index contributed by atoms with van der Waals surface area (Å²) in [5.41, 5.74) is 5.23. The third kappa shape index (κ3) is 2.14. The molecule has 1 aromatic carbocycles. The van der Waals surface area contributed by atoms with Crippen LogP contribution in [0.4, 0.5) is 5.13 Å². The van der Waals surface area contributed by atoms with Gasteiger partial charge in [0, 0.05) is 13.6 Å². The Bertz CT molecular complexity index is 942. The van der Waals surface area contributed by atoms with Gasteiger partial charge in [0.15, 0.2) is 10.8 Å². The van der Waals surface area contributed by atoms with Gasteiger partial charge in [0.1, 0.15) is 5.82 Å². The van der Waals surface area contributed by atoms with Crippen molar-refractivity contribution < 1.29 is 0 Å². The predicted octanol–water partition coefficient (Wildman–Crippen LogP) is 3.14. The van der Waals surface area contributed by atoms with Crippen LogP contribution in [0.15, 0.2) is 18.2 Å². The number of benzene rings is 1. The standard InChI is InChI=1S/C15H16N6S/c1-8-13-14(21(3)20-8)19-15(22-13)16-7-10-4-5-11-12(6-10)18-9(2)17-11/h4-6H,7H2,1-3H3,(H,16,19)(H,17,18). The predicted molar refractivity (Wildman–Crippen MR) is 89.3 cm³/mol. The van der Waals surface area contributed by atoms with Crippen LogP contribution in [0.3, 0.4) is 0 Å². The minimum absolute atomic E-state index is 0.736. The number of rotatable bonds is 3. The third-order valence-corrected chi connectivity index (χ3v) is 4.76. The summed E-state index contributed by atoms with van der Waals surface area (Å²) in [5, 5.41) is 8.69. The molecule has 112 valence electrons. The van der Waals surface area contributed by atoms with Gasteiger partial charge in [-0.2, -0.15) is 5.10 Å². The lowest BCUT2D eigenvalue weighted by molar-refractivity contribution is 0.774. The summed E-state index contributed by atoms with van der Waals surface area (Å²) in [5.74, 6) is 0.939. The molecule has 4 rings (SSSR count). The Labute approximate surface area is 131 Å². The van der Waals surface area contributed by atoms with Gasteiger partial charge >= 0.3 is 0 Å². The number of fused-ring (bicyclic) bond motifs is 2. The summed E-state index contributed by atoms with van der Waals surface area (Å²) in [4.78, 5) is 12.3. The highest BCUT2D eigenvalue weighted by Gasteiger charge is 2.11.